The maximum Gasteiger partial charge on any atom is 0.160 e. The van der Waals surface area contributed by atoms with Crippen LogP contribution in [0.1, 0.15) is 56.7 Å². The quantitative estimate of drug-likeness (QED) is 0.771. The van der Waals surface area contributed by atoms with Crippen LogP contribution in [0.5, 0.6) is 0 Å². The van der Waals surface area contributed by atoms with Crippen LogP contribution in [-0.2, 0) is 4.74 Å². The first-order valence-corrected chi connectivity index (χ1v) is 8.56. The lowest BCUT2D eigenvalue weighted by Gasteiger charge is -2.28. The van der Waals surface area contributed by atoms with Gasteiger partial charge in [-0.15, -0.1) is 0 Å². The number of aromatic nitrogens is 2. The van der Waals surface area contributed by atoms with Crippen LogP contribution in [0.15, 0.2) is 0 Å². The Morgan fingerprint density at radius 1 is 1.30 bits per heavy atom. The average molecular weight is 389 g/mol. The Balaban J connectivity index is 2.28. The summed E-state index contributed by atoms with van der Waals surface area (Å²) in [6.45, 7) is 5.00. The van der Waals surface area contributed by atoms with Crippen LogP contribution < -0.4 is 5.32 Å². The number of hydrogen-bond acceptors (Lipinski definition) is 4. The number of nitrogens with one attached hydrogen (secondary N) is 1. The van der Waals surface area contributed by atoms with E-state index in [1.807, 2.05) is 6.92 Å². The van der Waals surface area contributed by atoms with E-state index in [4.69, 9.17) is 9.72 Å². The molecule has 20 heavy (non-hydrogen) atoms. The van der Waals surface area contributed by atoms with Crippen LogP contribution in [0.4, 0.5) is 5.82 Å². The van der Waals surface area contributed by atoms with Crippen LogP contribution in [0, 0.1) is 16.4 Å². The third kappa shape index (κ3) is 3.61. The predicted molar refractivity (Wildman–Crippen MR) is 90.0 cm³/mol. The Labute approximate surface area is 135 Å². The second-order valence-electron chi connectivity index (χ2n) is 5.41. The monoisotopic (exact) mass is 389 g/mol. The van der Waals surface area contributed by atoms with Crippen molar-refractivity contribution in [1.82, 2.24) is 9.97 Å². The molecular weight excluding hydrogens is 365 g/mol. The lowest BCUT2D eigenvalue weighted by atomic mass is 9.85. The van der Waals surface area contributed by atoms with Gasteiger partial charge in [0, 0.05) is 13.7 Å². The van der Waals surface area contributed by atoms with Gasteiger partial charge in [0.2, 0.25) is 0 Å². The van der Waals surface area contributed by atoms with Crippen molar-refractivity contribution in [2.75, 3.05) is 19.0 Å². The molecule has 0 radical (unpaired) electrons. The Hall–Kier alpha value is -0.430. The van der Waals surface area contributed by atoms with Gasteiger partial charge < -0.3 is 10.1 Å². The summed E-state index contributed by atoms with van der Waals surface area (Å²) in [6, 6.07) is 0. The molecule has 1 unspecified atom stereocenters. The summed E-state index contributed by atoms with van der Waals surface area (Å²) in [5.74, 6) is 2.34. The van der Waals surface area contributed by atoms with Gasteiger partial charge >= 0.3 is 0 Å². The molecule has 0 saturated heterocycles. The summed E-state index contributed by atoms with van der Waals surface area (Å²) in [5.41, 5.74) is 1.03. The second-order valence-corrected chi connectivity index (χ2v) is 6.49. The molecule has 1 saturated carbocycles. The van der Waals surface area contributed by atoms with Crippen LogP contribution >= 0.6 is 22.6 Å². The van der Waals surface area contributed by atoms with Gasteiger partial charge in [0.05, 0.1) is 9.26 Å². The molecule has 2 rings (SSSR count). The van der Waals surface area contributed by atoms with Crippen LogP contribution in [0.25, 0.3) is 0 Å². The molecule has 1 heterocycles. The summed E-state index contributed by atoms with van der Waals surface area (Å²) in [6.07, 6.45) is 6.43. The second kappa shape index (κ2) is 7.54. The minimum atomic E-state index is 0.0309. The van der Waals surface area contributed by atoms with Gasteiger partial charge in [-0.2, -0.15) is 0 Å². The molecule has 1 aliphatic rings. The molecule has 1 aliphatic carbocycles. The highest BCUT2D eigenvalue weighted by atomic mass is 127. The molecule has 0 aromatic carbocycles. The molecule has 1 aromatic heterocycles. The van der Waals surface area contributed by atoms with E-state index >= 15 is 0 Å². The van der Waals surface area contributed by atoms with Crippen molar-refractivity contribution in [3.05, 3.63) is 15.1 Å². The zero-order chi connectivity index (χ0) is 14.5. The highest BCUT2D eigenvalue weighted by Crippen LogP contribution is 2.36. The van der Waals surface area contributed by atoms with Gasteiger partial charge in [-0.1, -0.05) is 19.3 Å². The number of nitrogens with zero attached hydrogens (tertiary/aromatic N) is 2. The van der Waals surface area contributed by atoms with Crippen molar-refractivity contribution in [1.29, 1.82) is 0 Å². The molecule has 5 heteroatoms. The van der Waals surface area contributed by atoms with E-state index < -0.39 is 0 Å². The first-order chi connectivity index (χ1) is 9.67. The molecule has 0 amide bonds. The highest BCUT2D eigenvalue weighted by molar-refractivity contribution is 14.1. The third-order valence-corrected chi connectivity index (χ3v) is 5.26. The van der Waals surface area contributed by atoms with Crippen molar-refractivity contribution in [2.45, 2.75) is 52.1 Å². The molecule has 112 valence electrons. The summed E-state index contributed by atoms with van der Waals surface area (Å²) in [7, 11) is 1.78. The van der Waals surface area contributed by atoms with Gasteiger partial charge in [-0.3, -0.25) is 0 Å². The average Bonchev–Trinajstić information content (AvgIpc) is 2.46. The van der Waals surface area contributed by atoms with Crippen molar-refractivity contribution >= 4 is 28.4 Å². The van der Waals surface area contributed by atoms with Crippen molar-refractivity contribution in [3.8, 4) is 0 Å². The Bertz CT molecular complexity index is 447. The molecule has 1 aromatic rings. The van der Waals surface area contributed by atoms with Crippen LogP contribution in [0.3, 0.4) is 0 Å². The van der Waals surface area contributed by atoms with E-state index in [1.165, 1.54) is 32.1 Å². The largest absolute Gasteiger partial charge is 0.373 e. The Morgan fingerprint density at radius 3 is 2.60 bits per heavy atom. The van der Waals surface area contributed by atoms with Crippen molar-refractivity contribution in [2.24, 2.45) is 5.92 Å². The van der Waals surface area contributed by atoms with Crippen molar-refractivity contribution < 1.29 is 4.74 Å². The maximum absolute atomic E-state index is 5.75. The number of rotatable bonds is 5. The van der Waals surface area contributed by atoms with Gasteiger partial charge in [-0.05, 0) is 55.2 Å². The molecule has 0 spiro atoms. The van der Waals surface area contributed by atoms with E-state index in [0.717, 1.165) is 27.5 Å². The molecule has 0 bridgehead atoms. The smallest absolute Gasteiger partial charge is 0.160 e. The third-order valence-electron chi connectivity index (χ3n) is 3.96. The van der Waals surface area contributed by atoms with Crippen LogP contribution in [0.2, 0.25) is 0 Å². The zero-order valence-electron chi connectivity index (χ0n) is 12.6. The fourth-order valence-electron chi connectivity index (χ4n) is 2.94. The minimum absolute atomic E-state index is 0.0309. The predicted octanol–water partition coefficient (Wildman–Crippen LogP) is 4.09. The van der Waals surface area contributed by atoms with E-state index in [0.29, 0.717) is 5.92 Å². The first-order valence-electron chi connectivity index (χ1n) is 7.48. The summed E-state index contributed by atoms with van der Waals surface area (Å²) in [4.78, 5) is 9.39. The number of anilines is 1. The number of aryl methyl sites for hydroxylation is 1. The molecule has 1 fully saturated rings. The Morgan fingerprint density at radius 2 is 2.00 bits per heavy atom. The summed E-state index contributed by atoms with van der Waals surface area (Å²) < 4.78 is 6.85. The van der Waals surface area contributed by atoms with Gasteiger partial charge in [0.15, 0.2) is 5.82 Å². The van der Waals surface area contributed by atoms with E-state index in [9.17, 15) is 0 Å². The summed E-state index contributed by atoms with van der Waals surface area (Å²) in [5, 5.41) is 3.32. The normalized spacial score (nSPS) is 18.0. The molecule has 1 atom stereocenters. The Kier molecular flexibility index (Phi) is 6.01. The fraction of sp³-hybridized carbons (Fsp3) is 0.733. The van der Waals surface area contributed by atoms with Crippen LogP contribution in [-0.4, -0.2) is 23.6 Å². The lowest BCUT2D eigenvalue weighted by Crippen LogP contribution is -2.21. The number of hydrogen-bond donors (Lipinski definition) is 1. The molecule has 1 N–H and O–H groups in total. The van der Waals surface area contributed by atoms with E-state index in [-0.39, 0.29) is 6.10 Å². The van der Waals surface area contributed by atoms with Gasteiger partial charge in [-0.25, -0.2) is 9.97 Å². The number of methoxy groups -OCH3 is 1. The standard InChI is InChI=1S/C15H24IN3O/c1-4-17-14-12(16)10(2)18-15(19-14)13(20-3)11-8-6-5-7-9-11/h11,13H,4-9H2,1-3H3,(H,17,18,19). The minimum Gasteiger partial charge on any atom is -0.373 e. The summed E-state index contributed by atoms with van der Waals surface area (Å²) >= 11 is 2.31. The maximum atomic E-state index is 5.75. The first kappa shape index (κ1) is 15.9. The SMILES string of the molecule is CCNc1nc(C(OC)C2CCCCC2)nc(C)c1I. The van der Waals surface area contributed by atoms with Gasteiger partial charge in [0.25, 0.3) is 0 Å². The van der Waals surface area contributed by atoms with Crippen molar-refractivity contribution in [3.63, 3.8) is 0 Å². The topological polar surface area (TPSA) is 47.0 Å². The van der Waals surface area contributed by atoms with Gasteiger partial charge in [0.1, 0.15) is 11.9 Å². The number of halogens is 1. The number of ether oxygens (including phenoxy) is 1. The molecule has 0 aliphatic heterocycles. The van der Waals surface area contributed by atoms with E-state index in [2.05, 4.69) is 39.8 Å². The molecular formula is C15H24IN3O. The highest BCUT2D eigenvalue weighted by Gasteiger charge is 2.28. The van der Waals surface area contributed by atoms with E-state index in [1.54, 1.807) is 7.11 Å². The fourth-order valence-corrected chi connectivity index (χ4v) is 3.37. The molecule has 4 nitrogen and oxygen atoms in total. The zero-order valence-corrected chi connectivity index (χ0v) is 14.7. The lowest BCUT2D eigenvalue weighted by molar-refractivity contribution is 0.0289.